The zero-order chi connectivity index (χ0) is 20.5. The lowest BCUT2D eigenvalue weighted by Crippen LogP contribution is -2.19. The number of methoxy groups -OCH3 is 1. The third-order valence-electron chi connectivity index (χ3n) is 5.13. The van der Waals surface area contributed by atoms with E-state index >= 15 is 0 Å². The summed E-state index contributed by atoms with van der Waals surface area (Å²) in [5.74, 6) is 1.48. The minimum Gasteiger partial charge on any atom is -0.497 e. The topological polar surface area (TPSA) is 46.0 Å². The maximum absolute atomic E-state index is 6.07. The van der Waals surface area contributed by atoms with Crippen molar-refractivity contribution >= 4 is 39.6 Å². The van der Waals surface area contributed by atoms with Crippen molar-refractivity contribution in [2.75, 3.05) is 7.11 Å². The molecule has 1 aliphatic heterocycles. The summed E-state index contributed by atoms with van der Waals surface area (Å²) in [5.41, 5.74) is 7.74. The van der Waals surface area contributed by atoms with Gasteiger partial charge in [0.1, 0.15) is 11.5 Å². The minimum atomic E-state index is 0.674. The number of fused-ring (bicyclic) bond motifs is 3. The molecule has 0 spiro atoms. The lowest BCUT2D eigenvalue weighted by Gasteiger charge is -2.11. The first-order chi connectivity index (χ1) is 14.7. The van der Waals surface area contributed by atoms with E-state index in [-0.39, 0.29) is 0 Å². The van der Waals surface area contributed by atoms with Crippen LogP contribution in [0.3, 0.4) is 0 Å². The van der Waals surface area contributed by atoms with Crippen LogP contribution in [0, 0.1) is 0 Å². The molecule has 0 amide bonds. The summed E-state index contributed by atoms with van der Waals surface area (Å²) in [4.78, 5) is 5.00. The number of rotatable bonds is 3. The Morgan fingerprint density at radius 2 is 1.53 bits per heavy atom. The number of nitrogens with zero attached hydrogens (tertiary/aromatic N) is 2. The number of benzene rings is 4. The van der Waals surface area contributed by atoms with Gasteiger partial charge in [0.25, 0.3) is 0 Å². The van der Waals surface area contributed by atoms with Gasteiger partial charge in [-0.1, -0.05) is 41.9 Å². The Hall–Kier alpha value is -3.63. The average molecular weight is 412 g/mol. The number of hydrogen-bond acceptors (Lipinski definition) is 4. The molecular weight excluding hydrogens is 394 g/mol. The molecule has 1 N–H and O–H groups in total. The quantitative estimate of drug-likeness (QED) is 0.453. The largest absolute Gasteiger partial charge is 0.497 e. The van der Waals surface area contributed by atoms with E-state index in [0.29, 0.717) is 10.9 Å². The summed E-state index contributed by atoms with van der Waals surface area (Å²) >= 11 is 6.07. The maximum atomic E-state index is 6.07. The zero-order valence-corrected chi connectivity index (χ0v) is 17.0. The number of hydrogen-bond donors (Lipinski definition) is 1. The highest BCUT2D eigenvalue weighted by atomic mass is 35.5. The molecule has 0 saturated heterocycles. The van der Waals surface area contributed by atoms with Crippen LogP contribution in [0.2, 0.25) is 5.02 Å². The summed E-state index contributed by atoms with van der Waals surface area (Å²) in [6.45, 7) is 0. The van der Waals surface area contributed by atoms with Crippen molar-refractivity contribution in [3.8, 4) is 5.75 Å². The van der Waals surface area contributed by atoms with Gasteiger partial charge in [-0.05, 0) is 60.0 Å². The lowest BCUT2D eigenvalue weighted by molar-refractivity contribution is 0.415. The van der Waals surface area contributed by atoms with Crippen molar-refractivity contribution in [2.45, 2.75) is 0 Å². The Balaban J connectivity index is 1.73. The first-order valence-electron chi connectivity index (χ1n) is 9.58. The molecule has 4 aromatic carbocycles. The van der Waals surface area contributed by atoms with Crippen LogP contribution < -0.4 is 10.2 Å². The second-order valence-corrected chi connectivity index (χ2v) is 7.39. The highest BCUT2D eigenvalue weighted by Gasteiger charge is 2.19. The SMILES string of the molecule is COc1ccc(C2=NNC(c3ccc(Cl)cc3)=Nc3c2ccc2ccccc32)cc1. The van der Waals surface area contributed by atoms with Gasteiger partial charge in [0.2, 0.25) is 0 Å². The number of aliphatic imine (C=N–C) groups is 1. The fourth-order valence-electron chi connectivity index (χ4n) is 3.58. The third kappa shape index (κ3) is 3.31. The lowest BCUT2D eigenvalue weighted by atomic mass is 9.97. The molecule has 4 aromatic rings. The van der Waals surface area contributed by atoms with Crippen molar-refractivity contribution < 1.29 is 4.74 Å². The van der Waals surface area contributed by atoms with Crippen LogP contribution in [0.4, 0.5) is 5.69 Å². The molecule has 5 heteroatoms. The van der Waals surface area contributed by atoms with E-state index in [1.807, 2.05) is 60.7 Å². The second kappa shape index (κ2) is 7.65. The van der Waals surface area contributed by atoms with E-state index in [4.69, 9.17) is 26.4 Å². The Labute approximate surface area is 179 Å². The fraction of sp³-hybridized carbons (Fsp3) is 0.0400. The van der Waals surface area contributed by atoms with Gasteiger partial charge in [-0.2, -0.15) is 5.10 Å². The van der Waals surface area contributed by atoms with Crippen molar-refractivity contribution in [1.29, 1.82) is 0 Å². The Morgan fingerprint density at radius 3 is 2.30 bits per heavy atom. The second-order valence-electron chi connectivity index (χ2n) is 6.95. The Bertz CT molecular complexity index is 1290. The fourth-order valence-corrected chi connectivity index (χ4v) is 3.70. The predicted molar refractivity (Wildman–Crippen MR) is 123 cm³/mol. The number of nitrogens with one attached hydrogen (secondary N) is 1. The van der Waals surface area contributed by atoms with Crippen LogP contribution in [-0.2, 0) is 0 Å². The molecule has 0 unspecified atom stereocenters. The normalized spacial score (nSPS) is 13.0. The van der Waals surface area contributed by atoms with Crippen molar-refractivity contribution in [3.05, 3.63) is 107 Å². The van der Waals surface area contributed by atoms with Crippen LogP contribution in [0.25, 0.3) is 10.8 Å². The molecule has 1 heterocycles. The molecule has 0 saturated carbocycles. The molecule has 146 valence electrons. The number of hydrazone groups is 1. The molecule has 0 bridgehead atoms. The first kappa shape index (κ1) is 18.4. The van der Waals surface area contributed by atoms with Gasteiger partial charge in [0, 0.05) is 27.1 Å². The van der Waals surface area contributed by atoms with Crippen LogP contribution in [-0.4, -0.2) is 18.7 Å². The minimum absolute atomic E-state index is 0.674. The smallest absolute Gasteiger partial charge is 0.154 e. The van der Waals surface area contributed by atoms with Crippen molar-refractivity contribution in [1.82, 2.24) is 5.43 Å². The van der Waals surface area contributed by atoms with Crippen LogP contribution in [0.15, 0.2) is 95.0 Å². The molecule has 0 radical (unpaired) electrons. The number of halogens is 1. The standard InChI is InChI=1S/C25H18ClN3O/c1-30-20-13-8-17(9-14-20)23-22-15-10-16-4-2-3-5-21(16)24(22)27-25(29-28-23)18-6-11-19(26)12-7-18/h2-15H,1H3,(H,27,29). The van der Waals surface area contributed by atoms with Gasteiger partial charge in [-0.3, -0.25) is 5.43 Å². The van der Waals surface area contributed by atoms with Gasteiger partial charge >= 0.3 is 0 Å². The molecule has 0 aliphatic carbocycles. The number of amidine groups is 1. The van der Waals surface area contributed by atoms with Gasteiger partial charge < -0.3 is 4.74 Å². The van der Waals surface area contributed by atoms with Gasteiger partial charge in [-0.15, -0.1) is 0 Å². The summed E-state index contributed by atoms with van der Waals surface area (Å²) in [6.07, 6.45) is 0. The molecule has 5 rings (SSSR count). The van der Waals surface area contributed by atoms with E-state index in [1.54, 1.807) is 7.11 Å². The number of ether oxygens (including phenoxy) is 1. The van der Waals surface area contributed by atoms with E-state index < -0.39 is 0 Å². The van der Waals surface area contributed by atoms with Gasteiger partial charge in [-0.25, -0.2) is 4.99 Å². The van der Waals surface area contributed by atoms with Crippen molar-refractivity contribution in [3.63, 3.8) is 0 Å². The predicted octanol–water partition coefficient (Wildman–Crippen LogP) is 5.94. The van der Waals surface area contributed by atoms with Crippen LogP contribution in [0.5, 0.6) is 5.75 Å². The molecule has 0 aromatic heterocycles. The van der Waals surface area contributed by atoms with Gasteiger partial charge in [0.15, 0.2) is 5.84 Å². The van der Waals surface area contributed by atoms with Gasteiger partial charge in [0.05, 0.1) is 12.8 Å². The molecule has 30 heavy (non-hydrogen) atoms. The summed E-state index contributed by atoms with van der Waals surface area (Å²) in [5, 5.41) is 7.63. The maximum Gasteiger partial charge on any atom is 0.154 e. The van der Waals surface area contributed by atoms with E-state index in [1.165, 1.54) is 0 Å². The summed E-state index contributed by atoms with van der Waals surface area (Å²) < 4.78 is 5.30. The third-order valence-corrected chi connectivity index (χ3v) is 5.39. The molecule has 0 fully saturated rings. The van der Waals surface area contributed by atoms with Crippen LogP contribution >= 0.6 is 11.6 Å². The average Bonchev–Trinajstić information content (AvgIpc) is 3.00. The monoisotopic (exact) mass is 411 g/mol. The summed E-state index contributed by atoms with van der Waals surface area (Å²) in [6, 6.07) is 27.9. The van der Waals surface area contributed by atoms with Crippen molar-refractivity contribution in [2.24, 2.45) is 10.1 Å². The Morgan fingerprint density at radius 1 is 0.800 bits per heavy atom. The van der Waals surface area contributed by atoms with E-state index in [9.17, 15) is 0 Å². The first-order valence-corrected chi connectivity index (χ1v) is 9.95. The molecule has 1 aliphatic rings. The zero-order valence-electron chi connectivity index (χ0n) is 16.3. The van der Waals surface area contributed by atoms with E-state index in [0.717, 1.165) is 44.6 Å². The van der Waals surface area contributed by atoms with Crippen LogP contribution in [0.1, 0.15) is 16.7 Å². The highest BCUT2D eigenvalue weighted by molar-refractivity contribution is 6.30. The van der Waals surface area contributed by atoms with E-state index in [2.05, 4.69) is 29.7 Å². The molecular formula is C25H18ClN3O. The molecule has 0 atom stereocenters. The Kier molecular flexibility index (Phi) is 4.69. The molecule has 4 nitrogen and oxygen atoms in total. The summed E-state index contributed by atoms with van der Waals surface area (Å²) in [7, 11) is 1.66. The highest BCUT2D eigenvalue weighted by Crippen LogP contribution is 2.34.